The van der Waals surface area contributed by atoms with Gasteiger partial charge in [-0.1, -0.05) is 23.2 Å². The van der Waals surface area contributed by atoms with Crippen LogP contribution in [0.2, 0.25) is 10.0 Å². The molecule has 10 nitrogen and oxygen atoms in total. The number of piperazine rings is 1. The van der Waals surface area contributed by atoms with E-state index < -0.39 is 11.7 Å². The average molecular weight is 588 g/mol. The van der Waals surface area contributed by atoms with Gasteiger partial charge in [0, 0.05) is 74.0 Å². The molecule has 2 fully saturated rings. The number of ether oxygens (including phenoxy) is 1. The molecule has 1 amide bonds. The molecule has 4 N–H and O–H groups in total. The molecule has 0 saturated carbocycles. The fraction of sp³-hybridized carbons (Fsp3) is 0.393. The molecule has 0 aliphatic carbocycles. The molecule has 4 heterocycles. The number of hydrogen-bond acceptors (Lipinski definition) is 8. The Hall–Kier alpha value is -3.15. The first-order valence-electron chi connectivity index (χ1n) is 13.2. The largest absolute Gasteiger partial charge is 0.465 e. The number of anilines is 1. The summed E-state index contributed by atoms with van der Waals surface area (Å²) in [5.74, 6) is 1.90. The summed E-state index contributed by atoms with van der Waals surface area (Å²) in [6.45, 7) is 5.54. The number of aliphatic hydroxyl groups is 1. The molecule has 0 atom stereocenters. The summed E-state index contributed by atoms with van der Waals surface area (Å²) in [4.78, 5) is 24.6. The van der Waals surface area contributed by atoms with E-state index >= 15 is 0 Å². The molecule has 212 valence electrons. The predicted octanol–water partition coefficient (Wildman–Crippen LogP) is 4.25. The van der Waals surface area contributed by atoms with Crippen LogP contribution in [0.1, 0.15) is 18.4 Å². The summed E-state index contributed by atoms with van der Waals surface area (Å²) in [6, 6.07) is 13.0. The number of carboxylic acid groups (broad SMARTS) is 1. The van der Waals surface area contributed by atoms with Gasteiger partial charge in [-0.15, -0.1) is 0 Å². The van der Waals surface area contributed by atoms with Crippen molar-refractivity contribution in [1.82, 2.24) is 25.5 Å². The van der Waals surface area contributed by atoms with Crippen LogP contribution in [0.15, 0.2) is 48.7 Å². The summed E-state index contributed by atoms with van der Waals surface area (Å²) in [5, 5.41) is 26.3. The molecule has 12 heteroatoms. The van der Waals surface area contributed by atoms with Crippen LogP contribution in [-0.4, -0.2) is 82.6 Å². The Morgan fingerprint density at radius 2 is 1.77 bits per heavy atom. The van der Waals surface area contributed by atoms with E-state index in [1.54, 1.807) is 12.3 Å². The zero-order chi connectivity index (χ0) is 28.1. The number of carbonyl (C=O) groups is 1. The second-order valence-electron chi connectivity index (χ2n) is 10.2. The van der Waals surface area contributed by atoms with E-state index in [1.165, 1.54) is 0 Å². The number of rotatable bonds is 8. The van der Waals surface area contributed by atoms with Gasteiger partial charge in [0.25, 0.3) is 0 Å². The lowest BCUT2D eigenvalue weighted by molar-refractivity contribution is -0.0208. The first-order chi connectivity index (χ1) is 19.2. The molecule has 1 aromatic carbocycles. The third-order valence-electron chi connectivity index (χ3n) is 7.17. The van der Waals surface area contributed by atoms with Crippen molar-refractivity contribution in [3.05, 3.63) is 64.3 Å². The lowest BCUT2D eigenvalue weighted by Gasteiger charge is -2.38. The standard InChI is InChI=1S/C28H32Cl2N6O4/c29-21-13-20(14-22(30)15-21)24-11-19(17-35-7-3-28(39,4-8-35)18-33-27(37)38)12-26(34-24)40-23-1-2-25(32-16-23)36-9-5-31-6-10-36/h1-2,11-16,31,33,39H,3-10,17-18H2,(H,37,38). The number of piperidine rings is 1. The van der Waals surface area contributed by atoms with E-state index in [-0.39, 0.29) is 6.54 Å². The second kappa shape index (κ2) is 12.6. The predicted molar refractivity (Wildman–Crippen MR) is 155 cm³/mol. The van der Waals surface area contributed by atoms with Gasteiger partial charge in [-0.2, -0.15) is 0 Å². The Labute approximate surface area is 242 Å². The average Bonchev–Trinajstić information content (AvgIpc) is 2.94. The van der Waals surface area contributed by atoms with Gasteiger partial charge in [0.05, 0.1) is 17.5 Å². The highest BCUT2D eigenvalue weighted by atomic mass is 35.5. The Morgan fingerprint density at radius 3 is 2.42 bits per heavy atom. The molecule has 2 aromatic heterocycles. The third kappa shape index (κ3) is 7.52. The molecule has 5 rings (SSSR count). The van der Waals surface area contributed by atoms with Gasteiger partial charge < -0.3 is 30.5 Å². The van der Waals surface area contributed by atoms with Crippen molar-refractivity contribution in [2.24, 2.45) is 0 Å². The van der Waals surface area contributed by atoms with Gasteiger partial charge in [0.15, 0.2) is 0 Å². The normalized spacial score (nSPS) is 17.4. The zero-order valence-electron chi connectivity index (χ0n) is 21.9. The maximum Gasteiger partial charge on any atom is 0.404 e. The van der Waals surface area contributed by atoms with Crippen molar-refractivity contribution in [3.63, 3.8) is 0 Å². The van der Waals surface area contributed by atoms with Crippen LogP contribution in [0, 0.1) is 0 Å². The van der Waals surface area contributed by atoms with Crippen LogP contribution >= 0.6 is 23.2 Å². The quantitative estimate of drug-likeness (QED) is 0.306. The number of nitrogens with one attached hydrogen (secondary N) is 2. The summed E-state index contributed by atoms with van der Waals surface area (Å²) in [5.41, 5.74) is 1.36. The Morgan fingerprint density at radius 1 is 1.05 bits per heavy atom. The molecule has 0 bridgehead atoms. The molecule has 0 unspecified atom stereocenters. The molecule has 40 heavy (non-hydrogen) atoms. The molecular formula is C28H32Cl2N6O4. The number of nitrogens with zero attached hydrogens (tertiary/aromatic N) is 4. The summed E-state index contributed by atoms with van der Waals surface area (Å²) < 4.78 is 6.17. The van der Waals surface area contributed by atoms with E-state index in [4.69, 9.17) is 38.0 Å². The minimum absolute atomic E-state index is 0.0184. The van der Waals surface area contributed by atoms with Crippen LogP contribution in [0.5, 0.6) is 11.6 Å². The second-order valence-corrected chi connectivity index (χ2v) is 11.1. The highest BCUT2D eigenvalue weighted by Gasteiger charge is 2.32. The van der Waals surface area contributed by atoms with E-state index in [0.29, 0.717) is 59.8 Å². The van der Waals surface area contributed by atoms with Crippen LogP contribution in [0.3, 0.4) is 0 Å². The highest BCUT2D eigenvalue weighted by molar-refractivity contribution is 6.35. The van der Waals surface area contributed by atoms with Gasteiger partial charge >= 0.3 is 6.09 Å². The number of benzene rings is 1. The molecular weight excluding hydrogens is 555 g/mol. The Balaban J connectivity index is 1.34. The molecule has 2 aliphatic rings. The molecule has 3 aromatic rings. The summed E-state index contributed by atoms with van der Waals surface area (Å²) >= 11 is 12.6. The van der Waals surface area contributed by atoms with E-state index in [0.717, 1.165) is 43.1 Å². The van der Waals surface area contributed by atoms with Gasteiger partial charge in [-0.05, 0) is 54.8 Å². The lowest BCUT2D eigenvalue weighted by atomic mass is 9.91. The van der Waals surface area contributed by atoms with Crippen LogP contribution in [0.4, 0.5) is 10.6 Å². The highest BCUT2D eigenvalue weighted by Crippen LogP contribution is 2.31. The number of likely N-dealkylation sites (tertiary alicyclic amines) is 1. The molecule has 2 saturated heterocycles. The van der Waals surface area contributed by atoms with Crippen molar-refractivity contribution >= 4 is 35.1 Å². The SMILES string of the molecule is O=C(O)NCC1(O)CCN(Cc2cc(Oc3ccc(N4CCNCC4)nc3)nc(-c3cc(Cl)cc(Cl)c3)c2)CC1. The van der Waals surface area contributed by atoms with E-state index in [9.17, 15) is 9.90 Å². The maximum atomic E-state index is 10.9. The minimum atomic E-state index is -1.14. The van der Waals surface area contributed by atoms with Crippen molar-refractivity contribution in [1.29, 1.82) is 0 Å². The maximum absolute atomic E-state index is 10.9. The molecule has 0 radical (unpaired) electrons. The third-order valence-corrected chi connectivity index (χ3v) is 7.60. The van der Waals surface area contributed by atoms with Gasteiger partial charge in [-0.3, -0.25) is 4.90 Å². The summed E-state index contributed by atoms with van der Waals surface area (Å²) in [7, 11) is 0. The van der Waals surface area contributed by atoms with E-state index in [2.05, 4.69) is 25.4 Å². The number of halogens is 2. The fourth-order valence-electron chi connectivity index (χ4n) is 4.99. The van der Waals surface area contributed by atoms with Crippen molar-refractivity contribution in [3.8, 4) is 22.9 Å². The van der Waals surface area contributed by atoms with Gasteiger partial charge in [0.1, 0.15) is 11.6 Å². The summed E-state index contributed by atoms with van der Waals surface area (Å²) in [6.07, 6.45) is 1.49. The van der Waals surface area contributed by atoms with Crippen molar-refractivity contribution in [2.75, 3.05) is 50.7 Å². The lowest BCUT2D eigenvalue weighted by Crippen LogP contribution is -2.50. The fourth-order valence-corrected chi connectivity index (χ4v) is 5.52. The Bertz CT molecular complexity index is 1310. The monoisotopic (exact) mass is 586 g/mol. The zero-order valence-corrected chi connectivity index (χ0v) is 23.5. The van der Waals surface area contributed by atoms with Crippen molar-refractivity contribution in [2.45, 2.75) is 25.0 Å². The molecule has 2 aliphatic heterocycles. The smallest absolute Gasteiger partial charge is 0.404 e. The first kappa shape index (κ1) is 28.4. The number of aromatic nitrogens is 2. The van der Waals surface area contributed by atoms with Crippen molar-refractivity contribution < 1.29 is 19.7 Å². The number of pyridine rings is 2. The van der Waals surface area contributed by atoms with Crippen LogP contribution in [0.25, 0.3) is 11.3 Å². The van der Waals surface area contributed by atoms with Crippen LogP contribution in [-0.2, 0) is 6.54 Å². The van der Waals surface area contributed by atoms with Gasteiger partial charge in [-0.25, -0.2) is 14.8 Å². The van der Waals surface area contributed by atoms with Crippen LogP contribution < -0.4 is 20.3 Å². The number of amides is 1. The van der Waals surface area contributed by atoms with E-state index in [1.807, 2.05) is 36.4 Å². The Kier molecular flexibility index (Phi) is 8.92. The minimum Gasteiger partial charge on any atom is -0.465 e. The number of hydrogen-bond donors (Lipinski definition) is 4. The molecule has 0 spiro atoms. The topological polar surface area (TPSA) is 123 Å². The van der Waals surface area contributed by atoms with Gasteiger partial charge in [0.2, 0.25) is 5.88 Å². The first-order valence-corrected chi connectivity index (χ1v) is 14.0.